The normalized spacial score (nSPS) is 15.0. The molecule has 0 atom stereocenters. The van der Waals surface area contributed by atoms with E-state index in [0.717, 1.165) is 25.0 Å². The van der Waals surface area contributed by atoms with E-state index < -0.39 is 21.7 Å². The van der Waals surface area contributed by atoms with Gasteiger partial charge < -0.3 is 15.0 Å². The van der Waals surface area contributed by atoms with Crippen LogP contribution in [0, 0.1) is 0 Å². The summed E-state index contributed by atoms with van der Waals surface area (Å²) in [6.07, 6.45) is 2.98. The van der Waals surface area contributed by atoms with Crippen molar-refractivity contribution in [3.8, 4) is 0 Å². The van der Waals surface area contributed by atoms with E-state index in [4.69, 9.17) is 4.74 Å². The zero-order valence-electron chi connectivity index (χ0n) is 16.0. The molecule has 0 radical (unpaired) electrons. The fourth-order valence-corrected chi connectivity index (χ4v) is 3.79. The van der Waals surface area contributed by atoms with Gasteiger partial charge in [0.15, 0.2) is 0 Å². The third kappa shape index (κ3) is 6.09. The van der Waals surface area contributed by atoms with Gasteiger partial charge in [-0.15, -0.1) is 0 Å². The Labute approximate surface area is 156 Å². The predicted octanol–water partition coefficient (Wildman–Crippen LogP) is 2.58. The number of carbonyl (C=O) groups excluding carboxylic acids is 1. The van der Waals surface area contributed by atoms with E-state index in [1.807, 2.05) is 24.3 Å². The number of nitrogens with one attached hydrogen (secondary N) is 1. The van der Waals surface area contributed by atoms with Crippen molar-refractivity contribution in [1.82, 2.24) is 5.32 Å². The molecule has 1 aromatic carbocycles. The average Bonchev–Trinajstić information content (AvgIpc) is 3.03. The van der Waals surface area contributed by atoms with Crippen LogP contribution in [0.1, 0.15) is 33.6 Å². The van der Waals surface area contributed by atoms with E-state index in [2.05, 4.69) is 10.2 Å². The lowest BCUT2D eigenvalue weighted by Gasteiger charge is -2.25. The number of ether oxygens (including phenoxy) is 1. The summed E-state index contributed by atoms with van der Waals surface area (Å²) in [5.74, 6) is 0. The lowest BCUT2D eigenvalue weighted by atomic mass is 10.2. The van der Waals surface area contributed by atoms with E-state index in [-0.39, 0.29) is 13.1 Å². The molecule has 2 rings (SSSR count). The third-order valence-electron chi connectivity index (χ3n) is 3.99. The molecule has 1 heterocycles. The first kappa shape index (κ1) is 20.4. The van der Waals surface area contributed by atoms with Crippen LogP contribution in [0.2, 0.25) is 0 Å². The summed E-state index contributed by atoms with van der Waals surface area (Å²) in [7, 11) is -3.46. The summed E-state index contributed by atoms with van der Waals surface area (Å²) in [4.78, 5) is 14.0. The van der Waals surface area contributed by atoms with Crippen molar-refractivity contribution >= 4 is 27.5 Å². The summed E-state index contributed by atoms with van der Waals surface area (Å²) in [5, 5.41) is 2.59. The molecule has 1 fully saturated rings. The number of alkyl carbamates (subject to hydrolysis) is 1. The molecule has 0 aromatic heterocycles. The van der Waals surface area contributed by atoms with Crippen LogP contribution in [0.3, 0.4) is 0 Å². The Kier molecular flexibility index (Phi) is 6.39. The third-order valence-corrected chi connectivity index (χ3v) is 5.19. The molecule has 1 aliphatic heterocycles. The number of sulfonamides is 1. The molecule has 1 saturated heterocycles. The molecule has 0 unspecified atom stereocenters. The van der Waals surface area contributed by atoms with Crippen molar-refractivity contribution in [2.45, 2.75) is 39.2 Å². The van der Waals surface area contributed by atoms with E-state index in [9.17, 15) is 13.2 Å². The summed E-state index contributed by atoms with van der Waals surface area (Å²) >= 11 is 0. The van der Waals surface area contributed by atoms with Crippen LogP contribution in [0.15, 0.2) is 24.3 Å². The summed E-state index contributed by atoms with van der Waals surface area (Å²) in [6, 6.07) is 7.50. The van der Waals surface area contributed by atoms with Crippen molar-refractivity contribution < 1.29 is 17.9 Å². The van der Waals surface area contributed by atoms with E-state index in [0.29, 0.717) is 5.69 Å². The second-order valence-electron chi connectivity index (χ2n) is 7.47. The monoisotopic (exact) mass is 383 g/mol. The first-order valence-corrected chi connectivity index (χ1v) is 10.7. The van der Waals surface area contributed by atoms with Crippen LogP contribution in [0.25, 0.3) is 0 Å². The molecule has 0 spiro atoms. The Morgan fingerprint density at radius 3 is 2.27 bits per heavy atom. The topological polar surface area (TPSA) is 79.0 Å². The standard InChI is InChI=1S/C18H29N3O4S/c1-18(2,3)25-17(22)19-11-14-21(26(4,23)24)16-9-7-15(8-10-16)20-12-5-6-13-20/h7-10H,5-6,11-14H2,1-4H3,(H,19,22). The minimum Gasteiger partial charge on any atom is -0.444 e. The number of carbonyl (C=O) groups is 1. The highest BCUT2D eigenvalue weighted by atomic mass is 32.2. The average molecular weight is 384 g/mol. The van der Waals surface area contributed by atoms with Crippen molar-refractivity contribution in [1.29, 1.82) is 0 Å². The largest absolute Gasteiger partial charge is 0.444 e. The van der Waals surface area contributed by atoms with Gasteiger partial charge in [-0.3, -0.25) is 4.31 Å². The Bertz CT molecular complexity index is 705. The maximum absolute atomic E-state index is 12.1. The van der Waals surface area contributed by atoms with Crippen LogP contribution >= 0.6 is 0 Å². The molecular weight excluding hydrogens is 354 g/mol. The van der Waals surface area contributed by atoms with Gasteiger partial charge in [0.05, 0.1) is 18.5 Å². The van der Waals surface area contributed by atoms with E-state index >= 15 is 0 Å². The van der Waals surface area contributed by atoms with Gasteiger partial charge in [-0.2, -0.15) is 0 Å². The highest BCUT2D eigenvalue weighted by Crippen LogP contribution is 2.24. The van der Waals surface area contributed by atoms with Gasteiger partial charge in [0.2, 0.25) is 10.0 Å². The number of rotatable bonds is 6. The second-order valence-corrected chi connectivity index (χ2v) is 9.38. The molecule has 0 bridgehead atoms. The summed E-state index contributed by atoms with van der Waals surface area (Å²) < 4.78 is 30.7. The Hall–Kier alpha value is -1.96. The Balaban J connectivity index is 2.00. The fraction of sp³-hybridized carbons (Fsp3) is 0.611. The highest BCUT2D eigenvalue weighted by molar-refractivity contribution is 7.92. The van der Waals surface area contributed by atoms with Crippen molar-refractivity contribution in [3.05, 3.63) is 24.3 Å². The van der Waals surface area contributed by atoms with E-state index in [1.54, 1.807) is 20.8 Å². The molecule has 0 saturated carbocycles. The van der Waals surface area contributed by atoms with Gasteiger partial charge in [0, 0.05) is 25.3 Å². The Morgan fingerprint density at radius 2 is 1.77 bits per heavy atom. The minimum atomic E-state index is -3.46. The van der Waals surface area contributed by atoms with Gasteiger partial charge in [0.1, 0.15) is 5.60 Å². The van der Waals surface area contributed by atoms with Gasteiger partial charge in [-0.05, 0) is 57.9 Å². The number of amides is 1. The molecule has 1 aromatic rings. The lowest BCUT2D eigenvalue weighted by molar-refractivity contribution is 0.0529. The van der Waals surface area contributed by atoms with Crippen LogP contribution in [-0.2, 0) is 14.8 Å². The molecule has 26 heavy (non-hydrogen) atoms. The van der Waals surface area contributed by atoms with Gasteiger partial charge in [-0.1, -0.05) is 0 Å². The fourth-order valence-electron chi connectivity index (χ4n) is 2.87. The molecule has 1 amide bonds. The number of hydrogen-bond donors (Lipinski definition) is 1. The number of nitrogens with zero attached hydrogens (tertiary/aromatic N) is 2. The maximum atomic E-state index is 12.1. The molecular formula is C18H29N3O4S. The Morgan fingerprint density at radius 1 is 1.19 bits per heavy atom. The van der Waals surface area contributed by atoms with Crippen LogP contribution in [-0.4, -0.2) is 52.5 Å². The van der Waals surface area contributed by atoms with Gasteiger partial charge in [0.25, 0.3) is 0 Å². The van der Waals surface area contributed by atoms with Crippen LogP contribution in [0.5, 0.6) is 0 Å². The van der Waals surface area contributed by atoms with Gasteiger partial charge in [-0.25, -0.2) is 13.2 Å². The smallest absolute Gasteiger partial charge is 0.407 e. The first-order valence-electron chi connectivity index (χ1n) is 8.86. The van der Waals surface area contributed by atoms with Crippen LogP contribution in [0.4, 0.5) is 16.2 Å². The van der Waals surface area contributed by atoms with E-state index in [1.165, 1.54) is 17.1 Å². The predicted molar refractivity (Wildman–Crippen MR) is 104 cm³/mol. The zero-order valence-corrected chi connectivity index (χ0v) is 16.8. The molecule has 7 nitrogen and oxygen atoms in total. The molecule has 1 aliphatic rings. The summed E-state index contributed by atoms with van der Waals surface area (Å²) in [5.41, 5.74) is 1.10. The zero-order chi connectivity index (χ0) is 19.4. The molecule has 8 heteroatoms. The van der Waals surface area contributed by atoms with Crippen molar-refractivity contribution in [2.75, 3.05) is 41.6 Å². The molecule has 146 valence electrons. The lowest BCUT2D eigenvalue weighted by Crippen LogP contribution is -2.40. The highest BCUT2D eigenvalue weighted by Gasteiger charge is 2.20. The number of benzene rings is 1. The number of hydrogen-bond acceptors (Lipinski definition) is 5. The van der Waals surface area contributed by atoms with Crippen molar-refractivity contribution in [2.24, 2.45) is 0 Å². The SMILES string of the molecule is CC(C)(C)OC(=O)NCCN(c1ccc(N2CCCC2)cc1)S(C)(=O)=O. The van der Waals surface area contributed by atoms with Crippen molar-refractivity contribution in [3.63, 3.8) is 0 Å². The molecule has 1 N–H and O–H groups in total. The van der Waals surface area contributed by atoms with Gasteiger partial charge >= 0.3 is 6.09 Å². The summed E-state index contributed by atoms with van der Waals surface area (Å²) in [6.45, 7) is 7.70. The van der Waals surface area contributed by atoms with Crippen LogP contribution < -0.4 is 14.5 Å². The first-order chi connectivity index (χ1) is 12.1. The number of anilines is 2. The second kappa shape index (κ2) is 8.16. The maximum Gasteiger partial charge on any atom is 0.407 e. The molecule has 0 aliphatic carbocycles. The minimum absolute atomic E-state index is 0.140. The quantitative estimate of drug-likeness (QED) is 0.817.